The van der Waals surface area contributed by atoms with Crippen LogP contribution in [0.3, 0.4) is 0 Å². The van der Waals surface area contributed by atoms with E-state index >= 15 is 0 Å². The number of methoxy groups -OCH3 is 1. The van der Waals surface area contributed by atoms with Crippen molar-refractivity contribution in [2.24, 2.45) is 0 Å². The lowest BCUT2D eigenvalue weighted by molar-refractivity contribution is 0.401. The molecule has 0 atom stereocenters. The molecule has 0 unspecified atom stereocenters. The van der Waals surface area contributed by atoms with Gasteiger partial charge in [0.05, 0.1) is 19.9 Å². The minimum absolute atomic E-state index is 0.104. The Hall–Kier alpha value is -1.79. The Balaban J connectivity index is 2.24. The SMILES string of the molecule is COc1cc(C)ccc1S(=O)(=O)NCc1ccco1. The highest BCUT2D eigenvalue weighted by Crippen LogP contribution is 2.24. The second-order valence-electron chi connectivity index (χ2n) is 4.06. The monoisotopic (exact) mass is 281 g/mol. The van der Waals surface area contributed by atoms with Crippen LogP contribution in [-0.4, -0.2) is 15.5 Å². The van der Waals surface area contributed by atoms with E-state index in [-0.39, 0.29) is 11.4 Å². The van der Waals surface area contributed by atoms with E-state index in [0.717, 1.165) is 5.56 Å². The summed E-state index contributed by atoms with van der Waals surface area (Å²) < 4.78 is 37.0. The molecule has 0 aliphatic rings. The first-order valence-electron chi connectivity index (χ1n) is 5.69. The summed E-state index contributed by atoms with van der Waals surface area (Å²) in [5.74, 6) is 0.876. The predicted octanol–water partition coefficient (Wildman–Crippen LogP) is 2.08. The summed E-state index contributed by atoms with van der Waals surface area (Å²) in [5.41, 5.74) is 0.932. The molecule has 102 valence electrons. The van der Waals surface area contributed by atoms with E-state index in [9.17, 15) is 8.42 Å². The summed E-state index contributed by atoms with van der Waals surface area (Å²) in [6.45, 7) is 1.97. The van der Waals surface area contributed by atoms with Crippen molar-refractivity contribution in [2.75, 3.05) is 7.11 Å². The highest BCUT2D eigenvalue weighted by Gasteiger charge is 2.19. The van der Waals surface area contributed by atoms with Crippen molar-refractivity contribution in [1.29, 1.82) is 0 Å². The second kappa shape index (κ2) is 5.46. The molecule has 0 fully saturated rings. The molecule has 0 saturated heterocycles. The fourth-order valence-corrected chi connectivity index (χ4v) is 2.80. The van der Waals surface area contributed by atoms with E-state index in [0.29, 0.717) is 11.5 Å². The molecule has 0 amide bonds. The molecule has 2 rings (SSSR count). The van der Waals surface area contributed by atoms with E-state index in [1.807, 2.05) is 6.92 Å². The minimum atomic E-state index is -3.63. The molecule has 1 aromatic carbocycles. The van der Waals surface area contributed by atoms with Crippen molar-refractivity contribution in [2.45, 2.75) is 18.4 Å². The van der Waals surface area contributed by atoms with Crippen LogP contribution >= 0.6 is 0 Å². The third-order valence-corrected chi connectivity index (χ3v) is 4.07. The van der Waals surface area contributed by atoms with Crippen molar-refractivity contribution in [3.8, 4) is 5.75 Å². The third kappa shape index (κ3) is 3.15. The molecule has 1 N–H and O–H groups in total. The second-order valence-corrected chi connectivity index (χ2v) is 5.79. The summed E-state index contributed by atoms with van der Waals surface area (Å²) in [5, 5.41) is 0. The number of sulfonamides is 1. The number of ether oxygens (including phenoxy) is 1. The average molecular weight is 281 g/mol. The molecule has 0 aliphatic heterocycles. The number of rotatable bonds is 5. The third-order valence-electron chi connectivity index (χ3n) is 2.63. The predicted molar refractivity (Wildman–Crippen MR) is 70.5 cm³/mol. The number of furan rings is 1. The molecular weight excluding hydrogens is 266 g/mol. The maximum Gasteiger partial charge on any atom is 0.244 e. The van der Waals surface area contributed by atoms with Gasteiger partial charge in [0.1, 0.15) is 16.4 Å². The Morgan fingerprint density at radius 3 is 2.74 bits per heavy atom. The van der Waals surface area contributed by atoms with Gasteiger partial charge >= 0.3 is 0 Å². The van der Waals surface area contributed by atoms with Crippen LogP contribution in [0.2, 0.25) is 0 Å². The first-order chi connectivity index (χ1) is 9.03. The lowest BCUT2D eigenvalue weighted by Gasteiger charge is -2.10. The maximum atomic E-state index is 12.2. The standard InChI is InChI=1S/C13H15NO4S/c1-10-5-6-13(12(8-10)17-2)19(15,16)14-9-11-4-3-7-18-11/h3-8,14H,9H2,1-2H3. The zero-order chi connectivity index (χ0) is 13.9. The van der Waals surface area contributed by atoms with E-state index < -0.39 is 10.0 Å². The number of aryl methyl sites for hydroxylation is 1. The van der Waals surface area contributed by atoms with Crippen LogP contribution < -0.4 is 9.46 Å². The summed E-state index contributed by atoms with van der Waals surface area (Å²) in [6, 6.07) is 8.34. The zero-order valence-electron chi connectivity index (χ0n) is 10.7. The van der Waals surface area contributed by atoms with Crippen LogP contribution in [0.15, 0.2) is 45.9 Å². The first kappa shape index (κ1) is 13.6. The van der Waals surface area contributed by atoms with E-state index in [4.69, 9.17) is 9.15 Å². The molecule has 0 bridgehead atoms. The van der Waals surface area contributed by atoms with Crippen LogP contribution in [-0.2, 0) is 16.6 Å². The molecule has 0 saturated carbocycles. The summed E-state index contributed by atoms with van der Waals surface area (Å²) in [6.07, 6.45) is 1.50. The zero-order valence-corrected chi connectivity index (χ0v) is 11.5. The van der Waals surface area contributed by atoms with Gasteiger partial charge in [-0.05, 0) is 36.8 Å². The Kier molecular flexibility index (Phi) is 3.92. The molecule has 1 aromatic heterocycles. The number of nitrogens with one attached hydrogen (secondary N) is 1. The molecule has 0 spiro atoms. The van der Waals surface area contributed by atoms with E-state index in [2.05, 4.69) is 4.72 Å². The fourth-order valence-electron chi connectivity index (χ4n) is 1.65. The minimum Gasteiger partial charge on any atom is -0.495 e. The molecule has 5 nitrogen and oxygen atoms in total. The molecule has 2 aromatic rings. The highest BCUT2D eigenvalue weighted by molar-refractivity contribution is 7.89. The van der Waals surface area contributed by atoms with Gasteiger partial charge in [-0.2, -0.15) is 0 Å². The van der Waals surface area contributed by atoms with Gasteiger partial charge in [-0.3, -0.25) is 0 Å². The van der Waals surface area contributed by atoms with Gasteiger partial charge < -0.3 is 9.15 Å². The Labute approximate surface area is 112 Å². The molecule has 0 aliphatic carbocycles. The topological polar surface area (TPSA) is 68.5 Å². The Morgan fingerprint density at radius 1 is 1.32 bits per heavy atom. The number of hydrogen-bond acceptors (Lipinski definition) is 4. The van der Waals surface area contributed by atoms with Crippen LogP contribution in [0.4, 0.5) is 0 Å². The smallest absolute Gasteiger partial charge is 0.244 e. The van der Waals surface area contributed by atoms with Crippen LogP contribution in [0.5, 0.6) is 5.75 Å². The van der Waals surface area contributed by atoms with Gasteiger partial charge in [0, 0.05) is 0 Å². The van der Waals surface area contributed by atoms with Gasteiger partial charge in [0.25, 0.3) is 0 Å². The van der Waals surface area contributed by atoms with Crippen molar-refractivity contribution < 1.29 is 17.6 Å². The average Bonchev–Trinajstić information content (AvgIpc) is 2.89. The maximum absolute atomic E-state index is 12.2. The van der Waals surface area contributed by atoms with E-state index in [1.54, 1.807) is 24.3 Å². The largest absolute Gasteiger partial charge is 0.495 e. The molecular formula is C13H15NO4S. The lowest BCUT2D eigenvalue weighted by Crippen LogP contribution is -2.23. The van der Waals surface area contributed by atoms with Crippen molar-refractivity contribution in [3.63, 3.8) is 0 Å². The molecule has 19 heavy (non-hydrogen) atoms. The Morgan fingerprint density at radius 2 is 2.11 bits per heavy atom. The first-order valence-corrected chi connectivity index (χ1v) is 7.18. The van der Waals surface area contributed by atoms with Gasteiger partial charge in [-0.15, -0.1) is 0 Å². The van der Waals surface area contributed by atoms with E-state index in [1.165, 1.54) is 19.4 Å². The van der Waals surface area contributed by atoms with Gasteiger partial charge in [0.15, 0.2) is 0 Å². The lowest BCUT2D eigenvalue weighted by atomic mass is 10.2. The highest BCUT2D eigenvalue weighted by atomic mass is 32.2. The quantitative estimate of drug-likeness (QED) is 0.911. The fraction of sp³-hybridized carbons (Fsp3) is 0.231. The summed E-state index contributed by atoms with van der Waals surface area (Å²) in [7, 11) is -2.19. The number of benzene rings is 1. The van der Waals surface area contributed by atoms with Crippen molar-refractivity contribution in [1.82, 2.24) is 4.72 Å². The number of hydrogen-bond donors (Lipinski definition) is 1. The van der Waals surface area contributed by atoms with Gasteiger partial charge in [-0.1, -0.05) is 6.07 Å². The molecule has 0 radical (unpaired) electrons. The Bertz CT molecular complexity index is 647. The van der Waals surface area contributed by atoms with Crippen LogP contribution in [0.25, 0.3) is 0 Å². The van der Waals surface area contributed by atoms with Crippen molar-refractivity contribution in [3.05, 3.63) is 47.9 Å². The van der Waals surface area contributed by atoms with Gasteiger partial charge in [0.2, 0.25) is 10.0 Å². The van der Waals surface area contributed by atoms with Gasteiger partial charge in [-0.25, -0.2) is 13.1 Å². The van der Waals surface area contributed by atoms with Crippen LogP contribution in [0.1, 0.15) is 11.3 Å². The summed E-state index contributed by atoms with van der Waals surface area (Å²) >= 11 is 0. The normalized spacial score (nSPS) is 11.5. The van der Waals surface area contributed by atoms with Crippen LogP contribution in [0, 0.1) is 6.92 Å². The summed E-state index contributed by atoms with van der Waals surface area (Å²) in [4.78, 5) is 0.118. The molecule has 6 heteroatoms. The van der Waals surface area contributed by atoms with Crippen molar-refractivity contribution >= 4 is 10.0 Å². The molecule has 1 heterocycles.